The molecule has 0 aliphatic rings. The van der Waals surface area contributed by atoms with E-state index in [0.717, 1.165) is 0 Å². The molecule has 66 valence electrons. The number of fused-ring (bicyclic) bond motifs is 1. The summed E-state index contributed by atoms with van der Waals surface area (Å²) in [5.41, 5.74) is 1.96. The highest BCUT2D eigenvalue weighted by Crippen LogP contribution is 2.12. The number of nitrogens with zero attached hydrogens (tertiary/aromatic N) is 2. The highest BCUT2D eigenvalue weighted by molar-refractivity contribution is 5.98. The van der Waals surface area contributed by atoms with Gasteiger partial charge in [0.05, 0.1) is 0 Å². The second-order valence-electron chi connectivity index (χ2n) is 2.74. The maximum Gasteiger partial charge on any atom is 0.162 e. The molecule has 2 aromatic rings. The molecule has 0 atom stereocenters. The summed E-state index contributed by atoms with van der Waals surface area (Å²) >= 11 is 0. The van der Waals surface area contributed by atoms with Gasteiger partial charge in [-0.25, -0.2) is 4.63 Å². The second-order valence-corrected chi connectivity index (χ2v) is 2.74. The molecule has 0 amide bonds. The van der Waals surface area contributed by atoms with Crippen molar-refractivity contribution in [1.29, 1.82) is 0 Å². The Morgan fingerprint density at radius 3 is 2.92 bits per heavy atom. The number of hydrogen-bond donors (Lipinski definition) is 0. The van der Waals surface area contributed by atoms with Gasteiger partial charge in [0.15, 0.2) is 5.78 Å². The fourth-order valence-corrected chi connectivity index (χ4v) is 1.16. The van der Waals surface area contributed by atoms with E-state index in [1.165, 1.54) is 0 Å². The van der Waals surface area contributed by atoms with Gasteiger partial charge in [0.1, 0.15) is 11.0 Å². The Labute approximate surface area is 74.5 Å². The normalized spacial score (nSPS) is 10.5. The van der Waals surface area contributed by atoms with Crippen LogP contribution in [0.1, 0.15) is 23.7 Å². The lowest BCUT2D eigenvalue weighted by Crippen LogP contribution is -1.95. The van der Waals surface area contributed by atoms with Crippen molar-refractivity contribution < 1.29 is 9.42 Å². The molecule has 1 aromatic carbocycles. The first-order valence-corrected chi connectivity index (χ1v) is 4.07. The van der Waals surface area contributed by atoms with Gasteiger partial charge in [-0.2, -0.15) is 0 Å². The summed E-state index contributed by atoms with van der Waals surface area (Å²) in [5, 5.41) is 7.31. The number of benzene rings is 1. The Kier molecular flexibility index (Phi) is 1.81. The standard InChI is InChI=1S/C9H8N2O2/c1-2-9(12)6-3-4-7-8(5-6)11-13-10-7/h3-5H,2H2,1H3. The van der Waals surface area contributed by atoms with Crippen LogP contribution in [0.4, 0.5) is 0 Å². The maximum absolute atomic E-state index is 11.3. The first-order valence-electron chi connectivity index (χ1n) is 4.07. The van der Waals surface area contributed by atoms with E-state index >= 15 is 0 Å². The van der Waals surface area contributed by atoms with E-state index in [9.17, 15) is 4.79 Å². The van der Waals surface area contributed by atoms with Crippen LogP contribution in [0.3, 0.4) is 0 Å². The number of rotatable bonds is 2. The third-order valence-electron chi connectivity index (χ3n) is 1.90. The van der Waals surface area contributed by atoms with Gasteiger partial charge in [0.25, 0.3) is 0 Å². The molecule has 4 heteroatoms. The Morgan fingerprint density at radius 2 is 2.15 bits per heavy atom. The lowest BCUT2D eigenvalue weighted by atomic mass is 10.1. The number of aromatic nitrogens is 2. The van der Waals surface area contributed by atoms with Crippen molar-refractivity contribution >= 4 is 16.8 Å². The van der Waals surface area contributed by atoms with E-state index in [4.69, 9.17) is 0 Å². The zero-order chi connectivity index (χ0) is 9.26. The predicted molar refractivity (Wildman–Crippen MR) is 46.4 cm³/mol. The first kappa shape index (κ1) is 7.91. The second kappa shape index (κ2) is 2.97. The summed E-state index contributed by atoms with van der Waals surface area (Å²) in [6.07, 6.45) is 0.497. The van der Waals surface area contributed by atoms with E-state index < -0.39 is 0 Å². The van der Waals surface area contributed by atoms with Crippen LogP contribution in [0.5, 0.6) is 0 Å². The molecule has 0 saturated carbocycles. The van der Waals surface area contributed by atoms with Crippen molar-refractivity contribution in [3.05, 3.63) is 23.8 Å². The molecule has 1 aromatic heterocycles. The molecular formula is C9H8N2O2. The SMILES string of the molecule is CCC(=O)c1ccc2nonc2c1. The van der Waals surface area contributed by atoms with E-state index in [2.05, 4.69) is 14.9 Å². The summed E-state index contributed by atoms with van der Waals surface area (Å²) in [7, 11) is 0. The molecule has 0 radical (unpaired) electrons. The minimum Gasteiger partial charge on any atom is -0.294 e. The minimum atomic E-state index is 0.102. The van der Waals surface area contributed by atoms with Gasteiger partial charge in [0, 0.05) is 12.0 Å². The number of hydrogen-bond acceptors (Lipinski definition) is 4. The molecule has 4 nitrogen and oxygen atoms in total. The van der Waals surface area contributed by atoms with Gasteiger partial charge in [-0.15, -0.1) is 0 Å². The summed E-state index contributed by atoms with van der Waals surface area (Å²) in [4.78, 5) is 11.3. The largest absolute Gasteiger partial charge is 0.294 e. The van der Waals surface area contributed by atoms with Gasteiger partial charge in [0.2, 0.25) is 0 Å². The molecule has 0 unspecified atom stereocenters. The van der Waals surface area contributed by atoms with Gasteiger partial charge in [-0.3, -0.25) is 4.79 Å². The maximum atomic E-state index is 11.3. The van der Waals surface area contributed by atoms with Crippen molar-refractivity contribution in [1.82, 2.24) is 10.3 Å². The van der Waals surface area contributed by atoms with Crippen molar-refractivity contribution in [2.45, 2.75) is 13.3 Å². The summed E-state index contributed by atoms with van der Waals surface area (Å²) in [5.74, 6) is 0.102. The van der Waals surface area contributed by atoms with Crippen molar-refractivity contribution in [3.63, 3.8) is 0 Å². The molecule has 0 saturated heterocycles. The fourth-order valence-electron chi connectivity index (χ4n) is 1.16. The average Bonchev–Trinajstić information content (AvgIpc) is 2.63. The molecule has 0 aliphatic carbocycles. The quantitative estimate of drug-likeness (QED) is 0.655. The van der Waals surface area contributed by atoms with Crippen LogP contribution in [0, 0.1) is 0 Å². The van der Waals surface area contributed by atoms with E-state index in [0.29, 0.717) is 23.0 Å². The van der Waals surface area contributed by atoms with E-state index in [-0.39, 0.29) is 5.78 Å². The van der Waals surface area contributed by atoms with E-state index in [1.807, 2.05) is 6.92 Å². The monoisotopic (exact) mass is 176 g/mol. The fraction of sp³-hybridized carbons (Fsp3) is 0.222. The van der Waals surface area contributed by atoms with Gasteiger partial charge in [-0.05, 0) is 28.5 Å². The number of Topliss-reactive ketones (excluding diaryl/α,β-unsaturated/α-hetero) is 1. The van der Waals surface area contributed by atoms with Crippen LogP contribution in [0.25, 0.3) is 11.0 Å². The lowest BCUT2D eigenvalue weighted by Gasteiger charge is -1.94. The zero-order valence-electron chi connectivity index (χ0n) is 7.15. The van der Waals surface area contributed by atoms with Crippen LogP contribution in [0.2, 0.25) is 0 Å². The third kappa shape index (κ3) is 1.30. The van der Waals surface area contributed by atoms with Crippen molar-refractivity contribution in [3.8, 4) is 0 Å². The highest BCUT2D eigenvalue weighted by Gasteiger charge is 2.06. The molecule has 0 N–H and O–H groups in total. The van der Waals surface area contributed by atoms with Crippen LogP contribution in [0.15, 0.2) is 22.8 Å². The molecular weight excluding hydrogens is 168 g/mol. The van der Waals surface area contributed by atoms with Crippen LogP contribution in [-0.4, -0.2) is 16.1 Å². The summed E-state index contributed by atoms with van der Waals surface area (Å²) in [6.45, 7) is 1.83. The molecule has 0 aliphatic heterocycles. The van der Waals surface area contributed by atoms with Crippen LogP contribution < -0.4 is 0 Å². The van der Waals surface area contributed by atoms with Gasteiger partial charge in [-0.1, -0.05) is 6.92 Å². The molecule has 2 rings (SSSR count). The van der Waals surface area contributed by atoms with Gasteiger partial charge >= 0.3 is 0 Å². The number of carbonyl (C=O) groups is 1. The zero-order valence-corrected chi connectivity index (χ0v) is 7.15. The van der Waals surface area contributed by atoms with Crippen molar-refractivity contribution in [2.75, 3.05) is 0 Å². The molecule has 0 bridgehead atoms. The van der Waals surface area contributed by atoms with Crippen molar-refractivity contribution in [2.24, 2.45) is 0 Å². The Balaban J connectivity index is 2.54. The smallest absolute Gasteiger partial charge is 0.162 e. The lowest BCUT2D eigenvalue weighted by molar-refractivity contribution is 0.0988. The Bertz CT molecular complexity index is 448. The first-order chi connectivity index (χ1) is 6.31. The Hall–Kier alpha value is -1.71. The summed E-state index contributed by atoms with van der Waals surface area (Å²) < 4.78 is 4.52. The summed E-state index contributed by atoms with van der Waals surface area (Å²) in [6, 6.07) is 5.16. The van der Waals surface area contributed by atoms with Crippen LogP contribution in [-0.2, 0) is 0 Å². The molecule has 0 spiro atoms. The van der Waals surface area contributed by atoms with E-state index in [1.54, 1.807) is 18.2 Å². The molecule has 13 heavy (non-hydrogen) atoms. The van der Waals surface area contributed by atoms with Crippen LogP contribution >= 0.6 is 0 Å². The Morgan fingerprint density at radius 1 is 1.38 bits per heavy atom. The van der Waals surface area contributed by atoms with Gasteiger partial charge < -0.3 is 0 Å². The third-order valence-corrected chi connectivity index (χ3v) is 1.90. The number of carbonyl (C=O) groups excluding carboxylic acids is 1. The minimum absolute atomic E-state index is 0.102. The topological polar surface area (TPSA) is 56.0 Å². The highest BCUT2D eigenvalue weighted by atomic mass is 16.6. The number of ketones is 1. The molecule has 1 heterocycles. The average molecular weight is 176 g/mol. The predicted octanol–water partition coefficient (Wildman–Crippen LogP) is 1.82. The molecule has 0 fully saturated rings.